The molecule has 160 valence electrons. The van der Waals surface area contributed by atoms with Crippen molar-refractivity contribution >= 4 is 24.2 Å². The molecule has 2 N–H and O–H groups in total. The van der Waals surface area contributed by atoms with Crippen molar-refractivity contribution in [2.45, 2.75) is 52.3 Å². The highest BCUT2D eigenvalue weighted by Gasteiger charge is 2.32. The molecule has 0 unspecified atom stereocenters. The SMILES string of the molecule is CNC(=O)c1ccc(-n2c(=S)[nH]c3c(c2=O)C[C@@H](C)N(C(=O)OC(C)(C)C)C3)cc1. The summed E-state index contributed by atoms with van der Waals surface area (Å²) < 4.78 is 7.13. The predicted octanol–water partition coefficient (Wildman–Crippen LogP) is 2.94. The molecule has 0 saturated carbocycles. The Bertz CT molecular complexity index is 1100. The number of amides is 2. The van der Waals surface area contributed by atoms with Crippen molar-refractivity contribution in [3.63, 3.8) is 0 Å². The van der Waals surface area contributed by atoms with Crippen LogP contribution < -0.4 is 10.9 Å². The number of nitrogens with one attached hydrogen (secondary N) is 2. The van der Waals surface area contributed by atoms with Gasteiger partial charge in [0.25, 0.3) is 11.5 Å². The first-order chi connectivity index (χ1) is 14.0. The van der Waals surface area contributed by atoms with E-state index < -0.39 is 11.7 Å². The van der Waals surface area contributed by atoms with Crippen LogP contribution in [0.4, 0.5) is 4.79 Å². The monoisotopic (exact) mass is 430 g/mol. The molecule has 2 heterocycles. The van der Waals surface area contributed by atoms with Crippen molar-refractivity contribution in [3.8, 4) is 5.69 Å². The zero-order valence-electron chi connectivity index (χ0n) is 17.7. The highest BCUT2D eigenvalue weighted by atomic mass is 32.1. The Morgan fingerprint density at radius 2 is 1.87 bits per heavy atom. The van der Waals surface area contributed by atoms with Crippen molar-refractivity contribution in [3.05, 3.63) is 56.2 Å². The van der Waals surface area contributed by atoms with Gasteiger partial charge in [0.15, 0.2) is 4.77 Å². The number of ether oxygens (including phenoxy) is 1. The number of hydrogen-bond acceptors (Lipinski definition) is 5. The van der Waals surface area contributed by atoms with Gasteiger partial charge in [-0.05, 0) is 70.6 Å². The van der Waals surface area contributed by atoms with E-state index in [1.54, 1.807) is 36.2 Å². The molecule has 2 amide bonds. The molecule has 9 heteroatoms. The maximum absolute atomic E-state index is 13.2. The number of benzene rings is 1. The summed E-state index contributed by atoms with van der Waals surface area (Å²) in [6.07, 6.45) is -0.0375. The van der Waals surface area contributed by atoms with Crippen LogP contribution in [-0.2, 0) is 17.7 Å². The summed E-state index contributed by atoms with van der Waals surface area (Å²) in [5, 5.41) is 2.56. The smallest absolute Gasteiger partial charge is 0.410 e. The van der Waals surface area contributed by atoms with E-state index in [0.717, 1.165) is 0 Å². The molecule has 0 aliphatic carbocycles. The fourth-order valence-corrected chi connectivity index (χ4v) is 3.71. The minimum absolute atomic E-state index is 0.200. The van der Waals surface area contributed by atoms with Gasteiger partial charge in [-0.3, -0.25) is 19.1 Å². The molecule has 0 radical (unpaired) electrons. The van der Waals surface area contributed by atoms with Crippen LogP contribution >= 0.6 is 12.2 Å². The molecule has 1 atom stereocenters. The summed E-state index contributed by atoms with van der Waals surface area (Å²) in [5.74, 6) is -0.208. The fourth-order valence-electron chi connectivity index (χ4n) is 3.40. The van der Waals surface area contributed by atoms with Gasteiger partial charge >= 0.3 is 6.09 Å². The molecule has 0 spiro atoms. The lowest BCUT2D eigenvalue weighted by atomic mass is 10.00. The van der Waals surface area contributed by atoms with Crippen LogP contribution in [0.25, 0.3) is 5.69 Å². The van der Waals surface area contributed by atoms with Gasteiger partial charge in [0.2, 0.25) is 0 Å². The lowest BCUT2D eigenvalue weighted by Crippen LogP contribution is -2.47. The molecule has 3 rings (SSSR count). The molecule has 0 bridgehead atoms. The van der Waals surface area contributed by atoms with Crippen molar-refractivity contribution in [1.82, 2.24) is 19.8 Å². The Morgan fingerprint density at radius 3 is 2.43 bits per heavy atom. The van der Waals surface area contributed by atoms with Gasteiger partial charge in [-0.2, -0.15) is 0 Å². The third-order valence-corrected chi connectivity index (χ3v) is 5.17. The molecule has 1 aromatic carbocycles. The quantitative estimate of drug-likeness (QED) is 0.714. The topological polar surface area (TPSA) is 96.4 Å². The first-order valence-electron chi connectivity index (χ1n) is 9.71. The van der Waals surface area contributed by atoms with Gasteiger partial charge in [-0.25, -0.2) is 4.79 Å². The summed E-state index contributed by atoms with van der Waals surface area (Å²) in [7, 11) is 1.56. The summed E-state index contributed by atoms with van der Waals surface area (Å²) >= 11 is 5.43. The first kappa shape index (κ1) is 21.8. The average molecular weight is 431 g/mol. The minimum Gasteiger partial charge on any atom is -0.444 e. The van der Waals surface area contributed by atoms with Crippen LogP contribution in [0.5, 0.6) is 0 Å². The highest BCUT2D eigenvalue weighted by molar-refractivity contribution is 7.71. The van der Waals surface area contributed by atoms with E-state index in [9.17, 15) is 14.4 Å². The predicted molar refractivity (Wildman–Crippen MR) is 116 cm³/mol. The van der Waals surface area contributed by atoms with E-state index in [2.05, 4.69) is 10.3 Å². The van der Waals surface area contributed by atoms with Gasteiger partial charge < -0.3 is 15.0 Å². The van der Waals surface area contributed by atoms with Crippen molar-refractivity contribution in [2.75, 3.05) is 7.05 Å². The van der Waals surface area contributed by atoms with Crippen molar-refractivity contribution < 1.29 is 14.3 Å². The summed E-state index contributed by atoms with van der Waals surface area (Å²) in [6, 6.07) is 6.44. The van der Waals surface area contributed by atoms with Gasteiger partial charge in [0, 0.05) is 29.9 Å². The number of nitrogens with zero attached hydrogens (tertiary/aromatic N) is 2. The second-order valence-corrected chi connectivity index (χ2v) is 8.70. The normalized spacial score (nSPS) is 16.0. The fraction of sp³-hybridized carbons (Fsp3) is 0.429. The lowest BCUT2D eigenvalue weighted by Gasteiger charge is -2.35. The number of H-pyrrole nitrogens is 1. The van der Waals surface area contributed by atoms with Gasteiger partial charge in [0.05, 0.1) is 12.2 Å². The summed E-state index contributed by atoms with van der Waals surface area (Å²) in [5.41, 5.74) is 1.44. The standard InChI is InChI=1S/C21H26N4O4S/c1-12-10-15-16(11-24(12)20(28)29-21(2,3)4)23-19(30)25(18(15)27)14-8-6-13(7-9-14)17(26)22-5/h6-9,12H,10-11H2,1-5H3,(H,22,26)(H,23,30)/t12-/m1/s1. The van der Waals surface area contributed by atoms with Gasteiger partial charge in [0.1, 0.15) is 5.60 Å². The van der Waals surface area contributed by atoms with Crippen molar-refractivity contribution in [2.24, 2.45) is 0 Å². The van der Waals surface area contributed by atoms with Crippen LogP contribution in [0.2, 0.25) is 0 Å². The maximum atomic E-state index is 13.2. The Labute approximate surface area is 179 Å². The number of hydrogen-bond donors (Lipinski definition) is 2. The third-order valence-electron chi connectivity index (χ3n) is 4.89. The molecule has 2 aromatic rings. The maximum Gasteiger partial charge on any atom is 0.410 e. The van der Waals surface area contributed by atoms with Gasteiger partial charge in [-0.1, -0.05) is 0 Å². The van der Waals surface area contributed by atoms with Gasteiger partial charge in [-0.15, -0.1) is 0 Å². The third kappa shape index (κ3) is 4.30. The Kier molecular flexibility index (Phi) is 5.85. The van der Waals surface area contributed by atoms with Crippen molar-refractivity contribution in [1.29, 1.82) is 0 Å². The molecule has 1 aliphatic rings. The van der Waals surface area contributed by atoms with E-state index in [4.69, 9.17) is 17.0 Å². The second-order valence-electron chi connectivity index (χ2n) is 8.32. The molecule has 1 aliphatic heterocycles. The Hall–Kier alpha value is -2.94. The van der Waals surface area contributed by atoms with E-state index in [1.165, 1.54) is 4.57 Å². The Balaban J connectivity index is 1.97. The number of fused-ring (bicyclic) bond motifs is 1. The average Bonchev–Trinajstić information content (AvgIpc) is 2.67. The van der Waals surface area contributed by atoms with Crippen LogP contribution in [0.3, 0.4) is 0 Å². The summed E-state index contributed by atoms with van der Waals surface area (Å²) in [6.45, 7) is 7.55. The molecule has 30 heavy (non-hydrogen) atoms. The molecular formula is C21H26N4O4S. The van der Waals surface area contributed by atoms with E-state index >= 15 is 0 Å². The number of carbonyl (C=O) groups is 2. The minimum atomic E-state index is -0.603. The lowest BCUT2D eigenvalue weighted by molar-refractivity contribution is 0.0133. The largest absolute Gasteiger partial charge is 0.444 e. The number of rotatable bonds is 2. The van der Waals surface area contributed by atoms with E-state index in [1.807, 2.05) is 27.7 Å². The van der Waals surface area contributed by atoms with Crippen LogP contribution in [0, 0.1) is 4.77 Å². The zero-order valence-corrected chi connectivity index (χ0v) is 18.6. The number of aromatic nitrogens is 2. The molecule has 1 aromatic heterocycles. The zero-order chi connectivity index (χ0) is 22.2. The van der Waals surface area contributed by atoms with E-state index in [0.29, 0.717) is 28.9 Å². The molecule has 8 nitrogen and oxygen atoms in total. The summed E-state index contributed by atoms with van der Waals surface area (Å²) in [4.78, 5) is 42.2. The molecule has 0 fully saturated rings. The Morgan fingerprint density at radius 1 is 1.23 bits per heavy atom. The molecular weight excluding hydrogens is 404 g/mol. The van der Waals surface area contributed by atoms with E-state index in [-0.39, 0.29) is 28.8 Å². The number of carbonyl (C=O) groups excluding carboxylic acids is 2. The highest BCUT2D eigenvalue weighted by Crippen LogP contribution is 2.23. The number of aromatic amines is 1. The van der Waals surface area contributed by atoms with Crippen LogP contribution in [-0.4, -0.2) is 45.1 Å². The molecule has 0 saturated heterocycles. The first-order valence-corrected chi connectivity index (χ1v) is 10.1. The van der Waals surface area contributed by atoms with Crippen LogP contribution in [0.15, 0.2) is 29.1 Å². The van der Waals surface area contributed by atoms with Crippen LogP contribution in [0.1, 0.15) is 49.3 Å². The second kappa shape index (κ2) is 8.06.